The number of halogens is 1. The van der Waals surface area contributed by atoms with Crippen molar-refractivity contribution in [2.24, 2.45) is 0 Å². The Hall–Kier alpha value is -2.43. The molecule has 1 aromatic heterocycles. The van der Waals surface area contributed by atoms with Gasteiger partial charge in [-0.15, -0.1) is 0 Å². The lowest BCUT2D eigenvalue weighted by molar-refractivity contribution is 0.0745. The topological polar surface area (TPSA) is 36.4 Å². The van der Waals surface area contributed by atoms with Gasteiger partial charge in [0.1, 0.15) is 0 Å². The van der Waals surface area contributed by atoms with Crippen molar-refractivity contribution in [3.8, 4) is 0 Å². The molecule has 0 bridgehead atoms. The van der Waals surface area contributed by atoms with Gasteiger partial charge < -0.3 is 9.80 Å². The number of carbonyl (C=O) groups is 1. The van der Waals surface area contributed by atoms with Crippen LogP contribution in [0.5, 0.6) is 0 Å². The van der Waals surface area contributed by atoms with Crippen LogP contribution in [0.1, 0.15) is 64.6 Å². The number of piperazine rings is 1. The maximum Gasteiger partial charge on any atom is 0.255 e. The number of amides is 1. The first kappa shape index (κ1) is 17.7. The maximum absolute atomic E-state index is 13.2. The molecule has 5 rings (SSSR count). The normalized spacial score (nSPS) is 19.8. The molecular weight excluding hydrogens is 353 g/mol. The number of carbonyl (C=O) groups excluding carboxylic acids is 1. The van der Waals surface area contributed by atoms with Crippen LogP contribution in [-0.4, -0.2) is 42.0 Å². The van der Waals surface area contributed by atoms with Crippen molar-refractivity contribution < 1.29 is 9.18 Å². The second-order valence-electron chi connectivity index (χ2n) is 8.47. The van der Waals surface area contributed by atoms with Crippen molar-refractivity contribution in [3.05, 3.63) is 58.7 Å². The van der Waals surface area contributed by atoms with Gasteiger partial charge in [0.15, 0.2) is 0 Å². The van der Waals surface area contributed by atoms with E-state index in [9.17, 15) is 9.18 Å². The summed E-state index contributed by atoms with van der Waals surface area (Å²) in [7, 11) is 0. The minimum atomic E-state index is -0.541. The second kappa shape index (κ2) is 6.87. The fourth-order valence-electron chi connectivity index (χ4n) is 4.32. The molecule has 3 fully saturated rings. The lowest BCUT2D eigenvalue weighted by atomic mass is 10.0. The second-order valence-corrected chi connectivity index (χ2v) is 8.47. The molecule has 2 aromatic rings. The zero-order chi connectivity index (χ0) is 19.3. The molecule has 0 radical (unpaired) electrons. The summed E-state index contributed by atoms with van der Waals surface area (Å²) >= 11 is 0. The summed E-state index contributed by atoms with van der Waals surface area (Å²) in [5.41, 5.74) is 5.54. The third-order valence-corrected chi connectivity index (χ3v) is 6.33. The number of benzene rings is 1. The van der Waals surface area contributed by atoms with Crippen LogP contribution in [0.25, 0.3) is 0 Å². The summed E-state index contributed by atoms with van der Waals surface area (Å²) in [5.74, 6) is 0.923. The van der Waals surface area contributed by atoms with Gasteiger partial charge in [0.2, 0.25) is 5.95 Å². The fourth-order valence-corrected chi connectivity index (χ4v) is 4.32. The SMILES string of the molecule is Cc1cc(F)ncc1C(=O)N1CCN(c2ccc(C3CC3)cc2C2CC2)CC1. The van der Waals surface area contributed by atoms with Crippen molar-refractivity contribution in [1.82, 2.24) is 9.88 Å². The van der Waals surface area contributed by atoms with Crippen LogP contribution >= 0.6 is 0 Å². The summed E-state index contributed by atoms with van der Waals surface area (Å²) < 4.78 is 13.2. The van der Waals surface area contributed by atoms with Crippen LogP contribution in [0.3, 0.4) is 0 Å². The largest absolute Gasteiger partial charge is 0.368 e. The lowest BCUT2D eigenvalue weighted by Gasteiger charge is -2.37. The molecule has 3 aliphatic rings. The quantitative estimate of drug-likeness (QED) is 0.746. The predicted molar refractivity (Wildman–Crippen MR) is 107 cm³/mol. The first-order chi connectivity index (χ1) is 13.6. The van der Waals surface area contributed by atoms with E-state index in [1.807, 2.05) is 4.90 Å². The maximum atomic E-state index is 13.2. The van der Waals surface area contributed by atoms with Crippen molar-refractivity contribution in [2.45, 2.75) is 44.4 Å². The third-order valence-electron chi connectivity index (χ3n) is 6.33. The Morgan fingerprint density at radius 3 is 2.39 bits per heavy atom. The molecular formula is C23H26FN3O. The van der Waals surface area contributed by atoms with Crippen molar-refractivity contribution in [3.63, 3.8) is 0 Å². The Kier molecular flexibility index (Phi) is 4.33. The first-order valence-electron chi connectivity index (χ1n) is 10.4. The van der Waals surface area contributed by atoms with Crippen LogP contribution in [0.4, 0.5) is 10.1 Å². The Morgan fingerprint density at radius 1 is 1.04 bits per heavy atom. The van der Waals surface area contributed by atoms with Crippen molar-refractivity contribution >= 4 is 11.6 Å². The number of pyridine rings is 1. The number of anilines is 1. The molecule has 2 heterocycles. The molecule has 28 heavy (non-hydrogen) atoms. The molecule has 1 saturated heterocycles. The van der Waals surface area contributed by atoms with E-state index < -0.39 is 5.95 Å². The number of aromatic nitrogens is 1. The van der Waals surface area contributed by atoms with Gasteiger partial charge >= 0.3 is 0 Å². The summed E-state index contributed by atoms with van der Waals surface area (Å²) in [6, 6.07) is 8.40. The zero-order valence-corrected chi connectivity index (χ0v) is 16.3. The molecule has 1 amide bonds. The molecule has 1 aliphatic heterocycles. The van der Waals surface area contributed by atoms with Gasteiger partial charge in [0, 0.05) is 38.1 Å². The summed E-state index contributed by atoms with van der Waals surface area (Å²) in [6.07, 6.45) is 6.64. The Labute approximate surface area is 165 Å². The van der Waals surface area contributed by atoms with Crippen molar-refractivity contribution in [2.75, 3.05) is 31.1 Å². The van der Waals surface area contributed by atoms with Gasteiger partial charge in [0.25, 0.3) is 5.91 Å². The lowest BCUT2D eigenvalue weighted by Crippen LogP contribution is -2.49. The molecule has 0 N–H and O–H groups in total. The molecule has 1 aromatic carbocycles. The van der Waals surface area contributed by atoms with Crippen LogP contribution in [0.15, 0.2) is 30.5 Å². The highest BCUT2D eigenvalue weighted by Gasteiger charge is 2.32. The molecule has 146 valence electrons. The fraction of sp³-hybridized carbons (Fsp3) is 0.478. The zero-order valence-electron chi connectivity index (χ0n) is 16.3. The predicted octanol–water partition coefficient (Wildman–Crippen LogP) is 4.25. The van der Waals surface area contributed by atoms with E-state index in [2.05, 4.69) is 28.1 Å². The highest BCUT2D eigenvalue weighted by Crippen LogP contribution is 2.48. The van der Waals surface area contributed by atoms with E-state index >= 15 is 0 Å². The highest BCUT2D eigenvalue weighted by atomic mass is 19.1. The van der Waals surface area contributed by atoms with Crippen LogP contribution in [0.2, 0.25) is 0 Å². The molecule has 0 spiro atoms. The Balaban J connectivity index is 1.30. The molecule has 0 unspecified atom stereocenters. The number of aryl methyl sites for hydroxylation is 1. The molecule has 4 nitrogen and oxygen atoms in total. The van der Waals surface area contributed by atoms with Gasteiger partial charge in [-0.25, -0.2) is 4.98 Å². The average Bonchev–Trinajstić information content (AvgIpc) is 3.60. The van der Waals surface area contributed by atoms with E-state index in [4.69, 9.17) is 0 Å². The molecule has 0 atom stereocenters. The standard InChI is InChI=1S/C23H26FN3O/c1-15-12-22(24)25-14-20(15)23(28)27-10-8-26(9-11-27)21-7-6-18(16-2-3-16)13-19(21)17-4-5-17/h6-7,12-14,16-17H,2-5,8-11H2,1H3. The number of hydrogen-bond donors (Lipinski definition) is 0. The summed E-state index contributed by atoms with van der Waals surface area (Å²) in [4.78, 5) is 20.8. The minimum Gasteiger partial charge on any atom is -0.368 e. The van der Waals surface area contributed by atoms with Gasteiger partial charge in [-0.2, -0.15) is 4.39 Å². The van der Waals surface area contributed by atoms with Crippen LogP contribution in [0, 0.1) is 12.9 Å². The van der Waals surface area contributed by atoms with E-state index in [1.165, 1.54) is 54.8 Å². The average molecular weight is 379 g/mol. The number of hydrogen-bond acceptors (Lipinski definition) is 3. The smallest absolute Gasteiger partial charge is 0.255 e. The van der Waals surface area contributed by atoms with E-state index in [1.54, 1.807) is 6.92 Å². The molecule has 5 heteroatoms. The van der Waals surface area contributed by atoms with Gasteiger partial charge in [0.05, 0.1) is 5.56 Å². The van der Waals surface area contributed by atoms with Crippen LogP contribution < -0.4 is 4.90 Å². The van der Waals surface area contributed by atoms with Crippen LogP contribution in [-0.2, 0) is 0 Å². The van der Waals surface area contributed by atoms with E-state index in [0.717, 1.165) is 24.9 Å². The van der Waals surface area contributed by atoms with Gasteiger partial charge in [-0.3, -0.25) is 4.79 Å². The van der Waals surface area contributed by atoms with E-state index in [0.29, 0.717) is 24.2 Å². The monoisotopic (exact) mass is 379 g/mol. The van der Waals surface area contributed by atoms with Crippen molar-refractivity contribution in [1.29, 1.82) is 0 Å². The summed E-state index contributed by atoms with van der Waals surface area (Å²) in [5, 5.41) is 0. The summed E-state index contributed by atoms with van der Waals surface area (Å²) in [6.45, 7) is 4.80. The third kappa shape index (κ3) is 3.38. The van der Waals surface area contributed by atoms with Gasteiger partial charge in [-0.05, 0) is 73.3 Å². The molecule has 2 aliphatic carbocycles. The number of rotatable bonds is 4. The highest BCUT2D eigenvalue weighted by molar-refractivity contribution is 5.95. The Bertz CT molecular complexity index is 912. The molecule has 2 saturated carbocycles. The minimum absolute atomic E-state index is 0.0452. The Morgan fingerprint density at radius 2 is 1.75 bits per heavy atom. The first-order valence-corrected chi connectivity index (χ1v) is 10.4. The van der Waals surface area contributed by atoms with E-state index in [-0.39, 0.29) is 5.91 Å². The van der Waals surface area contributed by atoms with Gasteiger partial charge in [-0.1, -0.05) is 12.1 Å². The number of nitrogens with zero attached hydrogens (tertiary/aromatic N) is 3.